The van der Waals surface area contributed by atoms with Gasteiger partial charge in [0.15, 0.2) is 0 Å². The molecular weight excluding hydrogens is 232 g/mol. The number of aryl methyl sites for hydroxylation is 1. The summed E-state index contributed by atoms with van der Waals surface area (Å²) in [5.41, 5.74) is 0.573. The van der Waals surface area contributed by atoms with Gasteiger partial charge in [0.05, 0.1) is 4.92 Å². The molecule has 98 valence electrons. The highest BCUT2D eigenvalue weighted by molar-refractivity contribution is 5.60. The van der Waals surface area contributed by atoms with Gasteiger partial charge in [0.1, 0.15) is 5.69 Å². The maximum atomic E-state index is 11.1. The molecular formula is C12H18N4O2. The zero-order valence-corrected chi connectivity index (χ0v) is 11.1. The van der Waals surface area contributed by atoms with Crippen LogP contribution in [0.25, 0.3) is 0 Å². The fraction of sp³-hybridized carbons (Fsp3) is 0.583. The molecule has 0 saturated carbocycles. The van der Waals surface area contributed by atoms with Gasteiger partial charge in [-0.15, -0.1) is 11.8 Å². The molecule has 1 aromatic rings. The Kier molecular flexibility index (Phi) is 4.72. The van der Waals surface area contributed by atoms with E-state index in [9.17, 15) is 10.1 Å². The van der Waals surface area contributed by atoms with Crippen LogP contribution in [0.3, 0.4) is 0 Å². The van der Waals surface area contributed by atoms with Crippen molar-refractivity contribution in [3.8, 4) is 11.8 Å². The van der Waals surface area contributed by atoms with Crippen LogP contribution < -0.4 is 5.32 Å². The summed E-state index contributed by atoms with van der Waals surface area (Å²) >= 11 is 0. The van der Waals surface area contributed by atoms with E-state index >= 15 is 0 Å². The van der Waals surface area contributed by atoms with E-state index in [-0.39, 0.29) is 16.5 Å². The molecule has 0 aromatic carbocycles. The van der Waals surface area contributed by atoms with Gasteiger partial charge in [-0.05, 0) is 6.92 Å². The van der Waals surface area contributed by atoms with E-state index in [1.807, 2.05) is 13.8 Å². The van der Waals surface area contributed by atoms with Crippen LogP contribution in [0.5, 0.6) is 0 Å². The molecule has 1 rings (SSSR count). The molecule has 1 aromatic heterocycles. The average molecular weight is 250 g/mol. The highest BCUT2D eigenvalue weighted by atomic mass is 16.6. The molecule has 0 aliphatic carbocycles. The third-order valence-corrected chi connectivity index (χ3v) is 2.50. The van der Waals surface area contributed by atoms with Gasteiger partial charge in [0.25, 0.3) is 0 Å². The van der Waals surface area contributed by atoms with Crippen LogP contribution in [0, 0.1) is 22.0 Å². The maximum Gasteiger partial charge on any atom is 0.334 e. The van der Waals surface area contributed by atoms with E-state index in [0.29, 0.717) is 24.5 Å². The molecule has 0 unspecified atom stereocenters. The lowest BCUT2D eigenvalue weighted by atomic mass is 10.1. The second-order valence-electron chi connectivity index (χ2n) is 4.22. The number of anilines is 1. The number of nitrogens with one attached hydrogen (secondary N) is 1. The van der Waals surface area contributed by atoms with Crippen molar-refractivity contribution in [2.75, 3.05) is 11.9 Å². The molecule has 6 heteroatoms. The Morgan fingerprint density at radius 3 is 2.72 bits per heavy atom. The number of nitro groups is 1. The van der Waals surface area contributed by atoms with E-state index in [1.54, 1.807) is 14.0 Å². The zero-order valence-electron chi connectivity index (χ0n) is 11.1. The summed E-state index contributed by atoms with van der Waals surface area (Å²) in [6.07, 6.45) is 0.649. The summed E-state index contributed by atoms with van der Waals surface area (Å²) in [4.78, 5) is 10.8. The topological polar surface area (TPSA) is 73.0 Å². The minimum atomic E-state index is -0.379. The third-order valence-electron chi connectivity index (χ3n) is 2.50. The summed E-state index contributed by atoms with van der Waals surface area (Å²) in [7, 11) is 1.70. The lowest BCUT2D eigenvalue weighted by Crippen LogP contribution is -2.07. The molecule has 0 fully saturated rings. The van der Waals surface area contributed by atoms with Gasteiger partial charge < -0.3 is 5.32 Å². The number of hydrogen-bond donors (Lipinski definition) is 1. The highest BCUT2D eigenvalue weighted by Crippen LogP contribution is 2.32. The molecule has 6 nitrogen and oxygen atoms in total. The first-order valence-electron chi connectivity index (χ1n) is 5.83. The van der Waals surface area contributed by atoms with Crippen LogP contribution in [0.1, 0.15) is 38.8 Å². The Morgan fingerprint density at radius 2 is 2.22 bits per heavy atom. The van der Waals surface area contributed by atoms with Crippen LogP contribution in [0.2, 0.25) is 0 Å². The van der Waals surface area contributed by atoms with Gasteiger partial charge in [-0.25, -0.2) is 4.68 Å². The maximum absolute atomic E-state index is 11.1. The average Bonchev–Trinajstić information content (AvgIpc) is 2.62. The summed E-state index contributed by atoms with van der Waals surface area (Å²) in [5, 5.41) is 18.4. The molecule has 0 radical (unpaired) electrons. The molecule has 0 amide bonds. The van der Waals surface area contributed by atoms with Crippen LogP contribution in [-0.4, -0.2) is 21.2 Å². The van der Waals surface area contributed by atoms with Gasteiger partial charge in [-0.3, -0.25) is 10.1 Å². The van der Waals surface area contributed by atoms with Gasteiger partial charge in [-0.2, -0.15) is 5.10 Å². The lowest BCUT2D eigenvalue weighted by Gasteiger charge is -2.03. The minimum Gasteiger partial charge on any atom is -0.364 e. The Bertz CT molecular complexity index is 494. The summed E-state index contributed by atoms with van der Waals surface area (Å²) in [5.74, 6) is 6.15. The van der Waals surface area contributed by atoms with E-state index in [2.05, 4.69) is 22.3 Å². The van der Waals surface area contributed by atoms with Crippen LogP contribution in [0.15, 0.2) is 0 Å². The Morgan fingerprint density at radius 1 is 1.56 bits per heavy atom. The van der Waals surface area contributed by atoms with Gasteiger partial charge in [0, 0.05) is 25.9 Å². The predicted molar refractivity (Wildman–Crippen MR) is 70.5 cm³/mol. The van der Waals surface area contributed by atoms with Crippen LogP contribution in [0.4, 0.5) is 11.5 Å². The second-order valence-corrected chi connectivity index (χ2v) is 4.22. The Balaban J connectivity index is 3.01. The van der Waals surface area contributed by atoms with Crippen molar-refractivity contribution in [2.24, 2.45) is 7.05 Å². The molecule has 0 bridgehead atoms. The first kappa shape index (κ1) is 14.0. The largest absolute Gasteiger partial charge is 0.364 e. The number of nitrogens with zero attached hydrogens (tertiary/aromatic N) is 3. The molecule has 0 saturated heterocycles. The highest BCUT2D eigenvalue weighted by Gasteiger charge is 2.27. The zero-order chi connectivity index (χ0) is 13.7. The number of rotatable bonds is 5. The van der Waals surface area contributed by atoms with E-state index in [0.717, 1.165) is 0 Å². The molecule has 1 heterocycles. The minimum absolute atomic E-state index is 0.0163. The van der Waals surface area contributed by atoms with E-state index in [4.69, 9.17) is 0 Å². The van der Waals surface area contributed by atoms with Crippen molar-refractivity contribution in [3.05, 3.63) is 15.8 Å². The first-order chi connectivity index (χ1) is 8.49. The van der Waals surface area contributed by atoms with Gasteiger partial charge in [0.2, 0.25) is 5.82 Å². The van der Waals surface area contributed by atoms with Crippen molar-refractivity contribution in [2.45, 2.75) is 33.1 Å². The van der Waals surface area contributed by atoms with Gasteiger partial charge >= 0.3 is 5.69 Å². The van der Waals surface area contributed by atoms with Crippen molar-refractivity contribution >= 4 is 11.5 Å². The lowest BCUT2D eigenvalue weighted by molar-refractivity contribution is -0.384. The summed E-state index contributed by atoms with van der Waals surface area (Å²) in [6, 6.07) is 0. The van der Waals surface area contributed by atoms with Crippen molar-refractivity contribution < 1.29 is 4.92 Å². The Hall–Kier alpha value is -2.03. The van der Waals surface area contributed by atoms with E-state index in [1.165, 1.54) is 4.68 Å². The van der Waals surface area contributed by atoms with Crippen LogP contribution in [-0.2, 0) is 7.05 Å². The number of hydrogen-bond acceptors (Lipinski definition) is 4. The third kappa shape index (κ3) is 3.00. The van der Waals surface area contributed by atoms with Gasteiger partial charge in [-0.1, -0.05) is 13.8 Å². The molecule has 18 heavy (non-hydrogen) atoms. The normalized spacial score (nSPS) is 10.1. The molecule has 0 spiro atoms. The molecule has 0 atom stereocenters. The first-order valence-corrected chi connectivity index (χ1v) is 5.83. The standard InChI is InChI=1S/C12H18N4O2/c1-5-6-7-8-13-12-11(16(17)18)10(9(2)3)14-15(12)4/h9,13H,7-8H2,1-4H3. The fourth-order valence-electron chi connectivity index (χ4n) is 1.67. The smallest absolute Gasteiger partial charge is 0.334 e. The quantitative estimate of drug-likeness (QED) is 0.376. The van der Waals surface area contributed by atoms with E-state index < -0.39 is 0 Å². The fourth-order valence-corrected chi connectivity index (χ4v) is 1.67. The SMILES string of the molecule is CC#CCCNc1c([N+](=O)[O-])c(C(C)C)nn1C. The predicted octanol–water partition coefficient (Wildman–Crippen LogP) is 2.28. The van der Waals surface area contributed by atoms with Crippen LogP contribution >= 0.6 is 0 Å². The second kappa shape index (κ2) is 6.05. The molecule has 1 N–H and O–H groups in total. The number of aromatic nitrogens is 2. The van der Waals surface area contributed by atoms with Crippen molar-refractivity contribution in [3.63, 3.8) is 0 Å². The molecule has 0 aliphatic heterocycles. The van der Waals surface area contributed by atoms with Crippen molar-refractivity contribution in [1.82, 2.24) is 9.78 Å². The summed E-state index contributed by atoms with van der Waals surface area (Å²) < 4.78 is 1.52. The van der Waals surface area contributed by atoms with Crippen molar-refractivity contribution in [1.29, 1.82) is 0 Å². The Labute approximate surface area is 107 Å². The summed E-state index contributed by atoms with van der Waals surface area (Å²) in [6.45, 7) is 6.12. The molecule has 0 aliphatic rings. The monoisotopic (exact) mass is 250 g/mol.